The summed E-state index contributed by atoms with van der Waals surface area (Å²) in [7, 11) is -2.20. The first-order chi connectivity index (χ1) is 9.71. The van der Waals surface area contributed by atoms with E-state index in [1.54, 1.807) is 25.1 Å². The lowest BCUT2D eigenvalue weighted by Crippen LogP contribution is -2.27. The molecule has 2 aromatic rings. The highest BCUT2D eigenvalue weighted by atomic mass is 79.9. The van der Waals surface area contributed by atoms with Crippen LogP contribution in [-0.2, 0) is 16.6 Å². The van der Waals surface area contributed by atoms with Gasteiger partial charge in [0.2, 0.25) is 10.0 Å². The number of nitrogens with zero attached hydrogens (tertiary/aromatic N) is 1. The van der Waals surface area contributed by atoms with Crippen molar-refractivity contribution in [3.63, 3.8) is 0 Å². The zero-order chi connectivity index (χ0) is 15.8. The van der Waals surface area contributed by atoms with Gasteiger partial charge in [0, 0.05) is 7.05 Å². The average molecular weight is 394 g/mol. The first-order valence-corrected chi connectivity index (χ1v) is 8.59. The van der Waals surface area contributed by atoms with Crippen LogP contribution in [0.2, 0.25) is 5.02 Å². The Kier molecular flexibility index (Phi) is 4.67. The zero-order valence-electron chi connectivity index (χ0n) is 11.4. The Morgan fingerprint density at radius 1 is 1.38 bits per heavy atom. The van der Waals surface area contributed by atoms with Gasteiger partial charge >= 0.3 is 0 Å². The standard InChI is InChI=1S/C13H14BrClN2O3S/c1-8-5-10(15)11(16)6-12(8)21(18,19)17(2)7-9-3-4-13(14)20-9/h3-6H,7,16H2,1-2H3. The third-order valence-corrected chi connectivity index (χ3v) is 5.69. The smallest absolute Gasteiger partial charge is 0.243 e. The van der Waals surface area contributed by atoms with Crippen LogP contribution >= 0.6 is 27.5 Å². The highest BCUT2D eigenvalue weighted by molar-refractivity contribution is 9.10. The second-order valence-corrected chi connectivity index (χ2v) is 7.81. The van der Waals surface area contributed by atoms with E-state index in [1.165, 1.54) is 17.4 Å². The molecule has 8 heteroatoms. The highest BCUT2D eigenvalue weighted by Gasteiger charge is 2.24. The quantitative estimate of drug-likeness (QED) is 0.808. The molecule has 114 valence electrons. The predicted octanol–water partition coefficient (Wildman–Crippen LogP) is 3.41. The third-order valence-electron chi connectivity index (χ3n) is 2.99. The number of aryl methyl sites for hydroxylation is 1. The van der Waals surface area contributed by atoms with Gasteiger partial charge in [0.15, 0.2) is 4.67 Å². The van der Waals surface area contributed by atoms with Gasteiger partial charge in [-0.2, -0.15) is 4.31 Å². The van der Waals surface area contributed by atoms with Crippen molar-refractivity contribution in [3.05, 3.63) is 45.3 Å². The molecular formula is C13H14BrClN2O3S. The van der Waals surface area contributed by atoms with Crippen molar-refractivity contribution in [1.82, 2.24) is 4.31 Å². The van der Waals surface area contributed by atoms with Gasteiger partial charge in [0.05, 0.1) is 22.2 Å². The van der Waals surface area contributed by atoms with Crippen LogP contribution in [0.25, 0.3) is 0 Å². The van der Waals surface area contributed by atoms with Crippen LogP contribution in [0, 0.1) is 6.92 Å². The lowest BCUT2D eigenvalue weighted by atomic mass is 10.2. The SMILES string of the molecule is Cc1cc(Cl)c(N)cc1S(=O)(=O)N(C)Cc1ccc(Br)o1. The third kappa shape index (κ3) is 3.42. The maximum Gasteiger partial charge on any atom is 0.243 e. The largest absolute Gasteiger partial charge is 0.453 e. The van der Waals surface area contributed by atoms with Crippen molar-refractivity contribution in [3.8, 4) is 0 Å². The maximum absolute atomic E-state index is 12.6. The number of benzene rings is 1. The summed E-state index contributed by atoms with van der Waals surface area (Å²) >= 11 is 9.08. The summed E-state index contributed by atoms with van der Waals surface area (Å²) in [6.07, 6.45) is 0. The molecule has 0 spiro atoms. The van der Waals surface area contributed by atoms with E-state index in [9.17, 15) is 8.42 Å². The summed E-state index contributed by atoms with van der Waals surface area (Å²) in [6.45, 7) is 1.80. The fourth-order valence-corrected chi connectivity index (χ4v) is 3.79. The van der Waals surface area contributed by atoms with Crippen LogP contribution in [0.5, 0.6) is 0 Å². The molecule has 0 unspecified atom stereocenters. The Balaban J connectivity index is 2.35. The van der Waals surface area contributed by atoms with E-state index >= 15 is 0 Å². The molecule has 21 heavy (non-hydrogen) atoms. The molecule has 0 bridgehead atoms. The van der Waals surface area contributed by atoms with Crippen LogP contribution < -0.4 is 5.73 Å². The van der Waals surface area contributed by atoms with Crippen molar-refractivity contribution < 1.29 is 12.8 Å². The lowest BCUT2D eigenvalue weighted by molar-refractivity contribution is 0.398. The number of anilines is 1. The van der Waals surface area contributed by atoms with Crippen LogP contribution in [0.15, 0.2) is 38.2 Å². The topological polar surface area (TPSA) is 76.5 Å². The maximum atomic E-state index is 12.6. The minimum Gasteiger partial charge on any atom is -0.453 e. The van der Waals surface area contributed by atoms with E-state index in [0.717, 1.165) is 0 Å². The van der Waals surface area contributed by atoms with E-state index in [0.29, 0.717) is 21.0 Å². The molecule has 1 aromatic carbocycles. The second-order valence-electron chi connectivity index (χ2n) is 4.61. The van der Waals surface area contributed by atoms with E-state index in [1.807, 2.05) is 0 Å². The molecule has 0 aliphatic heterocycles. The van der Waals surface area contributed by atoms with Crippen LogP contribution in [0.4, 0.5) is 5.69 Å². The first kappa shape index (κ1) is 16.4. The van der Waals surface area contributed by atoms with E-state index in [4.69, 9.17) is 21.8 Å². The average Bonchev–Trinajstić information content (AvgIpc) is 2.79. The Morgan fingerprint density at radius 2 is 2.05 bits per heavy atom. The Hall–Kier alpha value is -1.02. The van der Waals surface area contributed by atoms with Gasteiger partial charge in [-0.15, -0.1) is 0 Å². The monoisotopic (exact) mass is 392 g/mol. The number of halogens is 2. The first-order valence-electron chi connectivity index (χ1n) is 5.98. The Bertz CT molecular complexity index is 774. The van der Waals surface area contributed by atoms with E-state index < -0.39 is 10.0 Å². The molecular weight excluding hydrogens is 380 g/mol. The number of hydrogen-bond acceptors (Lipinski definition) is 4. The molecule has 1 aromatic heterocycles. The Morgan fingerprint density at radius 3 is 2.62 bits per heavy atom. The van der Waals surface area contributed by atoms with Gasteiger partial charge in [-0.3, -0.25) is 0 Å². The van der Waals surface area contributed by atoms with Crippen molar-refractivity contribution in [2.45, 2.75) is 18.4 Å². The van der Waals surface area contributed by atoms with Gasteiger partial charge in [0.1, 0.15) is 5.76 Å². The number of sulfonamides is 1. The molecule has 0 fully saturated rings. The Labute approximate surface area is 136 Å². The zero-order valence-corrected chi connectivity index (χ0v) is 14.6. The fraction of sp³-hybridized carbons (Fsp3) is 0.231. The van der Waals surface area contributed by atoms with Crippen molar-refractivity contribution in [1.29, 1.82) is 0 Å². The van der Waals surface area contributed by atoms with Crippen LogP contribution in [0.1, 0.15) is 11.3 Å². The molecule has 5 nitrogen and oxygen atoms in total. The summed E-state index contributed by atoms with van der Waals surface area (Å²) in [5.74, 6) is 0.535. The van der Waals surface area contributed by atoms with Gasteiger partial charge in [-0.05, 0) is 52.7 Å². The molecule has 0 saturated carbocycles. The summed E-state index contributed by atoms with van der Waals surface area (Å²) < 4.78 is 32.3. The van der Waals surface area contributed by atoms with Crippen LogP contribution in [0.3, 0.4) is 0 Å². The second kappa shape index (κ2) is 6.00. The summed E-state index contributed by atoms with van der Waals surface area (Å²) in [4.78, 5) is 0.137. The number of nitrogen functional groups attached to an aromatic ring is 1. The molecule has 0 aliphatic rings. The van der Waals surface area contributed by atoms with Crippen molar-refractivity contribution >= 4 is 43.2 Å². The molecule has 2 N–H and O–H groups in total. The molecule has 2 rings (SSSR count). The van der Waals surface area contributed by atoms with Crippen LogP contribution in [-0.4, -0.2) is 19.8 Å². The molecule has 0 atom stereocenters. The molecule has 1 heterocycles. The lowest BCUT2D eigenvalue weighted by Gasteiger charge is -2.18. The number of hydrogen-bond donors (Lipinski definition) is 1. The molecule has 0 amide bonds. The number of rotatable bonds is 4. The predicted molar refractivity (Wildman–Crippen MR) is 85.7 cm³/mol. The van der Waals surface area contributed by atoms with Gasteiger partial charge in [0.25, 0.3) is 0 Å². The summed E-state index contributed by atoms with van der Waals surface area (Å²) in [5, 5.41) is 0.337. The van der Waals surface area contributed by atoms with E-state index in [-0.39, 0.29) is 17.1 Å². The van der Waals surface area contributed by atoms with E-state index in [2.05, 4.69) is 15.9 Å². The van der Waals surface area contributed by atoms with Gasteiger partial charge in [-0.1, -0.05) is 11.6 Å². The fourth-order valence-electron chi connectivity index (χ4n) is 1.86. The molecule has 0 aliphatic carbocycles. The van der Waals surface area contributed by atoms with Gasteiger partial charge < -0.3 is 10.2 Å². The minimum absolute atomic E-state index is 0.121. The number of furan rings is 1. The van der Waals surface area contributed by atoms with Crippen molar-refractivity contribution in [2.75, 3.05) is 12.8 Å². The summed E-state index contributed by atoms with van der Waals surface area (Å²) in [5.41, 5.74) is 6.48. The van der Waals surface area contributed by atoms with Crippen molar-refractivity contribution in [2.24, 2.45) is 0 Å². The highest BCUT2D eigenvalue weighted by Crippen LogP contribution is 2.28. The van der Waals surface area contributed by atoms with Gasteiger partial charge in [-0.25, -0.2) is 8.42 Å². The minimum atomic E-state index is -3.68. The molecule has 0 radical (unpaired) electrons. The molecule has 0 saturated heterocycles. The normalized spacial score (nSPS) is 12.0. The number of nitrogens with two attached hydrogens (primary N) is 1. The summed E-state index contributed by atoms with van der Waals surface area (Å²) in [6, 6.07) is 6.34.